The summed E-state index contributed by atoms with van der Waals surface area (Å²) in [5.74, 6) is 1.21. The molecule has 2 aromatic carbocycles. The average molecular weight is 287 g/mol. The summed E-state index contributed by atoms with van der Waals surface area (Å²) in [5.41, 5.74) is 2.35. The molecule has 0 aliphatic heterocycles. The van der Waals surface area contributed by atoms with Crippen LogP contribution in [0.5, 0.6) is 11.5 Å². The zero-order valence-electron chi connectivity index (χ0n) is 10.4. The first kappa shape index (κ1) is 12.5. The van der Waals surface area contributed by atoms with Gasteiger partial charge in [-0.15, -0.1) is 0 Å². The molecule has 0 aliphatic rings. The molecule has 6 nitrogen and oxygen atoms in total. The van der Waals surface area contributed by atoms with Crippen molar-refractivity contribution in [3.05, 3.63) is 52.1 Å². The number of hydrogen-bond donors (Lipinski definition) is 0. The SMILES string of the molecule is Cc1cc([N+](=O)[O-])ccc1Oc1ccc2nsnc2c1. The molecule has 0 amide bonds. The van der Waals surface area contributed by atoms with Gasteiger partial charge in [-0.05, 0) is 30.7 Å². The fourth-order valence-electron chi connectivity index (χ4n) is 1.81. The molecule has 20 heavy (non-hydrogen) atoms. The third kappa shape index (κ3) is 2.30. The van der Waals surface area contributed by atoms with E-state index in [-0.39, 0.29) is 5.69 Å². The number of nitrogens with zero attached hydrogens (tertiary/aromatic N) is 3. The third-order valence-electron chi connectivity index (χ3n) is 2.82. The van der Waals surface area contributed by atoms with Crippen molar-refractivity contribution < 1.29 is 9.66 Å². The minimum atomic E-state index is -0.427. The van der Waals surface area contributed by atoms with Crippen molar-refractivity contribution in [3.63, 3.8) is 0 Å². The van der Waals surface area contributed by atoms with E-state index in [1.54, 1.807) is 25.1 Å². The summed E-state index contributed by atoms with van der Waals surface area (Å²) in [6.45, 7) is 1.77. The van der Waals surface area contributed by atoms with Gasteiger partial charge >= 0.3 is 0 Å². The van der Waals surface area contributed by atoms with Gasteiger partial charge in [0.05, 0.1) is 16.7 Å². The lowest BCUT2D eigenvalue weighted by Gasteiger charge is -2.08. The fourth-order valence-corrected chi connectivity index (χ4v) is 2.33. The number of hydrogen-bond acceptors (Lipinski definition) is 6. The second-order valence-electron chi connectivity index (χ2n) is 4.22. The molecule has 3 aromatic rings. The van der Waals surface area contributed by atoms with Gasteiger partial charge in [0.1, 0.15) is 22.5 Å². The number of benzene rings is 2. The molecule has 0 unspecified atom stereocenters. The number of nitro groups is 1. The van der Waals surface area contributed by atoms with Gasteiger partial charge in [0.25, 0.3) is 5.69 Å². The molecule has 0 fully saturated rings. The molecular formula is C13H9N3O3S. The van der Waals surface area contributed by atoms with Crippen LogP contribution in [-0.4, -0.2) is 13.7 Å². The Bertz CT molecular complexity index is 800. The van der Waals surface area contributed by atoms with Crippen LogP contribution in [-0.2, 0) is 0 Å². The smallest absolute Gasteiger partial charge is 0.269 e. The molecule has 3 rings (SSSR count). The van der Waals surface area contributed by atoms with Crippen molar-refractivity contribution in [1.29, 1.82) is 0 Å². The first-order valence-electron chi connectivity index (χ1n) is 5.79. The lowest BCUT2D eigenvalue weighted by atomic mass is 10.2. The third-order valence-corrected chi connectivity index (χ3v) is 3.38. The van der Waals surface area contributed by atoms with Crippen LogP contribution in [0, 0.1) is 17.0 Å². The van der Waals surface area contributed by atoms with E-state index < -0.39 is 4.92 Å². The highest BCUT2D eigenvalue weighted by atomic mass is 32.1. The summed E-state index contributed by atoms with van der Waals surface area (Å²) in [5, 5.41) is 10.7. The summed E-state index contributed by atoms with van der Waals surface area (Å²) in [7, 11) is 0. The second kappa shape index (κ2) is 4.86. The van der Waals surface area contributed by atoms with Gasteiger partial charge in [0, 0.05) is 18.2 Å². The zero-order chi connectivity index (χ0) is 14.1. The maximum atomic E-state index is 10.7. The molecular weight excluding hydrogens is 278 g/mol. The zero-order valence-corrected chi connectivity index (χ0v) is 11.3. The summed E-state index contributed by atoms with van der Waals surface area (Å²) in [6.07, 6.45) is 0. The molecule has 0 aliphatic carbocycles. The maximum Gasteiger partial charge on any atom is 0.269 e. The van der Waals surface area contributed by atoms with Crippen LogP contribution in [0.15, 0.2) is 36.4 Å². The Morgan fingerprint density at radius 3 is 2.70 bits per heavy atom. The standard InChI is InChI=1S/C13H9N3O3S/c1-8-6-9(16(17)18)2-5-13(8)19-10-3-4-11-12(7-10)15-20-14-11/h2-7H,1H3. The Labute approximate surface area is 118 Å². The molecule has 0 saturated heterocycles. The van der Waals surface area contributed by atoms with Gasteiger partial charge < -0.3 is 4.74 Å². The molecule has 0 radical (unpaired) electrons. The number of ether oxygens (including phenoxy) is 1. The predicted octanol–water partition coefficient (Wildman–Crippen LogP) is 3.70. The van der Waals surface area contributed by atoms with E-state index in [1.807, 2.05) is 6.07 Å². The van der Waals surface area contributed by atoms with E-state index in [1.165, 1.54) is 12.1 Å². The lowest BCUT2D eigenvalue weighted by molar-refractivity contribution is -0.384. The highest BCUT2D eigenvalue weighted by molar-refractivity contribution is 7.00. The summed E-state index contributed by atoms with van der Waals surface area (Å²) in [6, 6.07) is 9.92. The predicted molar refractivity (Wildman–Crippen MR) is 75.3 cm³/mol. The van der Waals surface area contributed by atoms with Gasteiger partial charge in [-0.25, -0.2) is 0 Å². The van der Waals surface area contributed by atoms with Crippen molar-refractivity contribution >= 4 is 28.4 Å². The van der Waals surface area contributed by atoms with Gasteiger partial charge in [-0.2, -0.15) is 8.75 Å². The van der Waals surface area contributed by atoms with E-state index >= 15 is 0 Å². The van der Waals surface area contributed by atoms with Gasteiger partial charge in [0.15, 0.2) is 0 Å². The fraction of sp³-hybridized carbons (Fsp3) is 0.0769. The number of non-ortho nitro benzene ring substituents is 1. The van der Waals surface area contributed by atoms with Crippen LogP contribution in [0.25, 0.3) is 11.0 Å². The molecule has 0 atom stereocenters. The average Bonchev–Trinajstić information content (AvgIpc) is 2.88. The highest BCUT2D eigenvalue weighted by Crippen LogP contribution is 2.29. The molecule has 0 N–H and O–H groups in total. The summed E-state index contributed by atoms with van der Waals surface area (Å²) < 4.78 is 14.0. The number of fused-ring (bicyclic) bond motifs is 1. The Hall–Kier alpha value is -2.54. The summed E-state index contributed by atoms with van der Waals surface area (Å²) >= 11 is 1.15. The van der Waals surface area contributed by atoms with Gasteiger partial charge in [0.2, 0.25) is 0 Å². The van der Waals surface area contributed by atoms with Crippen LogP contribution < -0.4 is 4.74 Å². The first-order valence-corrected chi connectivity index (χ1v) is 6.52. The Morgan fingerprint density at radius 1 is 1.15 bits per heavy atom. The summed E-state index contributed by atoms with van der Waals surface area (Å²) in [4.78, 5) is 10.3. The minimum absolute atomic E-state index is 0.0500. The largest absolute Gasteiger partial charge is 0.457 e. The number of nitro benzene ring substituents is 1. The van der Waals surface area contributed by atoms with E-state index in [9.17, 15) is 10.1 Å². The lowest BCUT2D eigenvalue weighted by Crippen LogP contribution is -1.91. The molecule has 1 aromatic heterocycles. The highest BCUT2D eigenvalue weighted by Gasteiger charge is 2.10. The van der Waals surface area contributed by atoms with Gasteiger partial charge in [-0.1, -0.05) is 0 Å². The number of aromatic nitrogens is 2. The Kier molecular flexibility index (Phi) is 3.03. The van der Waals surface area contributed by atoms with E-state index in [0.717, 1.165) is 22.8 Å². The van der Waals surface area contributed by atoms with Crippen LogP contribution in [0.2, 0.25) is 0 Å². The van der Waals surface area contributed by atoms with Crippen molar-refractivity contribution in [2.75, 3.05) is 0 Å². The van der Waals surface area contributed by atoms with Crippen LogP contribution in [0.3, 0.4) is 0 Å². The van der Waals surface area contributed by atoms with Crippen molar-refractivity contribution in [3.8, 4) is 11.5 Å². The van der Waals surface area contributed by atoms with Crippen LogP contribution in [0.1, 0.15) is 5.56 Å². The molecule has 1 heterocycles. The Morgan fingerprint density at radius 2 is 1.95 bits per heavy atom. The number of rotatable bonds is 3. The minimum Gasteiger partial charge on any atom is -0.457 e. The van der Waals surface area contributed by atoms with Crippen molar-refractivity contribution in [2.45, 2.75) is 6.92 Å². The molecule has 7 heteroatoms. The maximum absolute atomic E-state index is 10.7. The van der Waals surface area contributed by atoms with Gasteiger partial charge in [-0.3, -0.25) is 10.1 Å². The van der Waals surface area contributed by atoms with Crippen molar-refractivity contribution in [2.24, 2.45) is 0 Å². The van der Waals surface area contributed by atoms with E-state index in [2.05, 4.69) is 8.75 Å². The second-order valence-corrected chi connectivity index (χ2v) is 4.75. The number of aryl methyl sites for hydroxylation is 1. The first-order chi connectivity index (χ1) is 9.63. The molecule has 0 spiro atoms. The van der Waals surface area contributed by atoms with E-state index in [4.69, 9.17) is 4.74 Å². The quantitative estimate of drug-likeness (QED) is 0.542. The molecule has 0 bridgehead atoms. The Balaban J connectivity index is 1.92. The van der Waals surface area contributed by atoms with Crippen LogP contribution >= 0.6 is 11.7 Å². The molecule has 0 saturated carbocycles. The van der Waals surface area contributed by atoms with E-state index in [0.29, 0.717) is 17.1 Å². The molecule has 100 valence electrons. The topological polar surface area (TPSA) is 78.2 Å². The van der Waals surface area contributed by atoms with Crippen molar-refractivity contribution in [1.82, 2.24) is 8.75 Å². The monoisotopic (exact) mass is 287 g/mol. The normalized spacial score (nSPS) is 10.7. The van der Waals surface area contributed by atoms with Crippen LogP contribution in [0.4, 0.5) is 5.69 Å².